The molecule has 1 amide bonds. The van der Waals surface area contributed by atoms with Gasteiger partial charge in [-0.2, -0.15) is 0 Å². The van der Waals surface area contributed by atoms with Crippen molar-refractivity contribution in [1.82, 2.24) is 5.16 Å². The number of halogens is 4. The average Bonchev–Trinajstić information content (AvgIpc) is 3.25. The van der Waals surface area contributed by atoms with Crippen LogP contribution in [0.15, 0.2) is 59.3 Å². The first-order chi connectivity index (χ1) is 13.8. The van der Waals surface area contributed by atoms with E-state index in [-0.39, 0.29) is 0 Å². The minimum Gasteiger partial charge on any atom is -0.356 e. The summed E-state index contributed by atoms with van der Waals surface area (Å²) < 4.78 is 5.09. The molecule has 0 bridgehead atoms. The minimum absolute atomic E-state index is 0.304. The number of carbonyl (C=O) groups is 1. The van der Waals surface area contributed by atoms with Gasteiger partial charge in [-0.15, -0.1) is 0 Å². The largest absolute Gasteiger partial charge is 0.356 e. The Morgan fingerprint density at radius 2 is 1.79 bits per heavy atom. The van der Waals surface area contributed by atoms with Crippen molar-refractivity contribution in [2.24, 2.45) is 5.73 Å². The average molecular weight is 475 g/mol. The predicted molar refractivity (Wildman–Crippen MR) is 120 cm³/mol. The Morgan fingerprint density at radius 3 is 2.31 bits per heavy atom. The van der Waals surface area contributed by atoms with Crippen LogP contribution >= 0.6 is 46.4 Å². The van der Waals surface area contributed by atoms with Gasteiger partial charge in [0.05, 0.1) is 6.20 Å². The number of aromatic nitrogens is 1. The lowest BCUT2D eigenvalue weighted by molar-refractivity contribution is -0.117. The Kier molecular flexibility index (Phi) is 9.27. The van der Waals surface area contributed by atoms with Crippen LogP contribution in [0.1, 0.15) is 5.56 Å². The Hall–Kier alpha value is -1.76. The van der Waals surface area contributed by atoms with Gasteiger partial charge in [0, 0.05) is 40.5 Å². The summed E-state index contributed by atoms with van der Waals surface area (Å²) in [6.45, 7) is 2.53. The first-order valence-corrected chi connectivity index (χ1v) is 10.2. The van der Waals surface area contributed by atoms with Crippen molar-refractivity contribution in [1.29, 1.82) is 0 Å². The van der Waals surface area contributed by atoms with E-state index in [4.69, 9.17) is 56.7 Å². The van der Waals surface area contributed by atoms with Crippen LogP contribution in [-0.2, 0) is 4.79 Å². The molecule has 29 heavy (non-hydrogen) atoms. The summed E-state index contributed by atoms with van der Waals surface area (Å²) in [4.78, 5) is 12.3. The van der Waals surface area contributed by atoms with E-state index >= 15 is 0 Å². The number of hydrogen-bond donors (Lipinski definition) is 1. The number of rotatable bonds is 5. The monoisotopic (exact) mass is 473 g/mol. The van der Waals surface area contributed by atoms with Crippen LogP contribution in [0.25, 0.3) is 11.3 Å². The summed E-state index contributed by atoms with van der Waals surface area (Å²) in [6.07, 6.45) is 1.55. The smallest absolute Gasteiger partial charge is 0.260 e. The third-order valence-corrected chi connectivity index (χ3v) is 5.08. The molecule has 0 atom stereocenters. The topological polar surface area (TPSA) is 72.4 Å². The number of anilines is 1. The van der Waals surface area contributed by atoms with Crippen molar-refractivity contribution in [2.45, 2.75) is 11.8 Å². The molecule has 154 valence electrons. The van der Waals surface area contributed by atoms with Gasteiger partial charge in [0.1, 0.15) is 0 Å². The molecule has 1 heterocycles. The van der Waals surface area contributed by atoms with E-state index in [9.17, 15) is 4.79 Å². The second-order valence-electron chi connectivity index (χ2n) is 5.85. The maximum Gasteiger partial charge on any atom is 0.260 e. The van der Waals surface area contributed by atoms with Crippen LogP contribution < -0.4 is 10.6 Å². The fraction of sp³-hybridized carbons (Fsp3) is 0.200. The Bertz CT molecular complexity index is 913. The van der Waals surface area contributed by atoms with E-state index in [2.05, 4.69) is 5.16 Å². The van der Waals surface area contributed by atoms with Crippen molar-refractivity contribution < 1.29 is 9.32 Å². The lowest BCUT2D eigenvalue weighted by Gasteiger charge is -2.23. The summed E-state index contributed by atoms with van der Waals surface area (Å²) in [6, 6.07) is 14.5. The third kappa shape index (κ3) is 6.63. The highest BCUT2D eigenvalue weighted by atomic mass is 35.5. The molecule has 0 saturated heterocycles. The number of carbonyl (C=O) groups excluding carboxylic acids is 1. The van der Waals surface area contributed by atoms with E-state index in [1.807, 2.05) is 31.2 Å². The number of benzene rings is 2. The standard InChI is InChI=1S/C13H13Cl2N3O2.C7H6Cl2/c14-12(15)13(19)18(7-5-16)10-3-1-2-9(8-10)11-4-6-17-20-11;1-5-6(8)3-2-4-7(5)9/h1-4,6,8,12H,5,7,16H2;2-4H,1H3. The number of amides is 1. The fourth-order valence-electron chi connectivity index (χ4n) is 2.39. The molecule has 2 N–H and O–H groups in total. The molecule has 0 unspecified atom stereocenters. The molecule has 3 aromatic rings. The van der Waals surface area contributed by atoms with E-state index in [0.29, 0.717) is 24.5 Å². The van der Waals surface area contributed by atoms with E-state index in [1.54, 1.807) is 30.5 Å². The molecule has 5 nitrogen and oxygen atoms in total. The van der Waals surface area contributed by atoms with Crippen molar-refractivity contribution >= 4 is 58.0 Å². The Morgan fingerprint density at radius 1 is 1.14 bits per heavy atom. The summed E-state index contributed by atoms with van der Waals surface area (Å²) in [5.74, 6) is 0.203. The molecular weight excluding hydrogens is 456 g/mol. The van der Waals surface area contributed by atoms with E-state index in [0.717, 1.165) is 21.2 Å². The zero-order chi connectivity index (χ0) is 21.4. The van der Waals surface area contributed by atoms with Gasteiger partial charge < -0.3 is 15.2 Å². The van der Waals surface area contributed by atoms with Crippen molar-refractivity contribution in [3.63, 3.8) is 0 Å². The van der Waals surface area contributed by atoms with E-state index in [1.165, 1.54) is 4.90 Å². The quantitative estimate of drug-likeness (QED) is 0.478. The summed E-state index contributed by atoms with van der Waals surface area (Å²) >= 11 is 22.8. The molecule has 1 aromatic heterocycles. The molecule has 9 heteroatoms. The highest BCUT2D eigenvalue weighted by Gasteiger charge is 2.21. The van der Waals surface area contributed by atoms with Gasteiger partial charge >= 0.3 is 0 Å². The third-order valence-electron chi connectivity index (χ3n) is 3.89. The summed E-state index contributed by atoms with van der Waals surface area (Å²) in [7, 11) is 0. The molecule has 0 spiro atoms. The second kappa shape index (κ2) is 11.4. The number of hydrogen-bond acceptors (Lipinski definition) is 4. The Balaban J connectivity index is 0.000000278. The van der Waals surface area contributed by atoms with Crippen LogP contribution in [0.4, 0.5) is 5.69 Å². The van der Waals surface area contributed by atoms with Crippen LogP contribution in [0.3, 0.4) is 0 Å². The zero-order valence-electron chi connectivity index (χ0n) is 15.5. The SMILES string of the molecule is Cc1c(Cl)cccc1Cl.NCCN(C(=O)C(Cl)Cl)c1cccc(-c2ccno2)c1. The van der Waals surface area contributed by atoms with E-state index < -0.39 is 10.7 Å². The number of nitrogens with zero attached hydrogens (tertiary/aromatic N) is 2. The van der Waals surface area contributed by atoms with Gasteiger partial charge in [0.2, 0.25) is 0 Å². The normalized spacial score (nSPS) is 10.4. The fourth-order valence-corrected chi connectivity index (χ4v) is 3.02. The Labute approximate surface area is 189 Å². The zero-order valence-corrected chi connectivity index (χ0v) is 18.5. The molecule has 0 radical (unpaired) electrons. The van der Waals surface area contributed by atoms with Gasteiger partial charge in [0.25, 0.3) is 5.91 Å². The summed E-state index contributed by atoms with van der Waals surface area (Å²) in [5, 5.41) is 5.10. The molecule has 0 aliphatic rings. The highest BCUT2D eigenvalue weighted by Crippen LogP contribution is 2.25. The molecule has 2 aromatic carbocycles. The first-order valence-electron chi connectivity index (χ1n) is 8.56. The number of alkyl halides is 2. The molecule has 3 rings (SSSR count). The molecule has 0 fully saturated rings. The molecular formula is C20H19Cl4N3O2. The lowest BCUT2D eigenvalue weighted by Crippen LogP contribution is -2.38. The van der Waals surface area contributed by atoms with Crippen molar-refractivity contribution in [3.05, 3.63) is 70.3 Å². The highest BCUT2D eigenvalue weighted by molar-refractivity contribution is 6.54. The predicted octanol–water partition coefficient (Wildman–Crippen LogP) is 5.74. The summed E-state index contributed by atoms with van der Waals surface area (Å²) in [5.41, 5.74) is 7.93. The van der Waals surface area contributed by atoms with Crippen molar-refractivity contribution in [2.75, 3.05) is 18.0 Å². The van der Waals surface area contributed by atoms with Crippen LogP contribution in [0, 0.1) is 6.92 Å². The van der Waals surface area contributed by atoms with Crippen LogP contribution in [0.5, 0.6) is 0 Å². The van der Waals surface area contributed by atoms with Gasteiger partial charge in [-0.05, 0) is 36.8 Å². The van der Waals surface area contributed by atoms with Gasteiger partial charge in [-0.1, -0.05) is 69.8 Å². The maximum absolute atomic E-state index is 12.0. The van der Waals surface area contributed by atoms with Gasteiger partial charge in [-0.3, -0.25) is 4.79 Å². The first kappa shape index (κ1) is 23.5. The minimum atomic E-state index is -1.13. The second-order valence-corrected chi connectivity index (χ2v) is 7.76. The van der Waals surface area contributed by atoms with Crippen molar-refractivity contribution in [3.8, 4) is 11.3 Å². The van der Waals surface area contributed by atoms with Crippen LogP contribution in [-0.4, -0.2) is 29.0 Å². The van der Waals surface area contributed by atoms with Gasteiger partial charge in [0.15, 0.2) is 10.6 Å². The lowest BCUT2D eigenvalue weighted by atomic mass is 10.1. The van der Waals surface area contributed by atoms with Gasteiger partial charge in [-0.25, -0.2) is 0 Å². The number of nitrogens with two attached hydrogens (primary N) is 1. The molecule has 0 aliphatic carbocycles. The molecule has 0 aliphatic heterocycles. The molecule has 0 saturated carbocycles. The maximum atomic E-state index is 12.0. The van der Waals surface area contributed by atoms with Crippen LogP contribution in [0.2, 0.25) is 10.0 Å².